The highest BCUT2D eigenvalue weighted by atomic mass is 16.5. The molecule has 0 aromatic heterocycles. The van der Waals surface area contributed by atoms with E-state index in [2.05, 4.69) is 43.4 Å². The van der Waals surface area contributed by atoms with Gasteiger partial charge in [-0.2, -0.15) is 0 Å². The van der Waals surface area contributed by atoms with E-state index in [1.54, 1.807) is 0 Å². The van der Waals surface area contributed by atoms with Crippen LogP contribution in [0.1, 0.15) is 52.5 Å². The van der Waals surface area contributed by atoms with Crippen LogP contribution in [0.15, 0.2) is 24.3 Å². The van der Waals surface area contributed by atoms with Crippen LogP contribution >= 0.6 is 0 Å². The highest BCUT2D eigenvalue weighted by Crippen LogP contribution is 2.14. The fourth-order valence-corrected chi connectivity index (χ4v) is 2.02. The van der Waals surface area contributed by atoms with Crippen LogP contribution in [0.5, 0.6) is 5.75 Å². The summed E-state index contributed by atoms with van der Waals surface area (Å²) in [4.78, 5) is 0. The van der Waals surface area contributed by atoms with Crippen molar-refractivity contribution in [1.29, 1.82) is 0 Å². The van der Waals surface area contributed by atoms with Crippen LogP contribution in [0, 0.1) is 0 Å². The van der Waals surface area contributed by atoms with E-state index < -0.39 is 0 Å². The Hall–Kier alpha value is -1.02. The van der Waals surface area contributed by atoms with Crippen molar-refractivity contribution in [2.24, 2.45) is 0 Å². The molecule has 102 valence electrons. The van der Waals surface area contributed by atoms with Gasteiger partial charge >= 0.3 is 0 Å². The lowest BCUT2D eigenvalue weighted by Crippen LogP contribution is -2.27. The second-order valence-electron chi connectivity index (χ2n) is 5.09. The summed E-state index contributed by atoms with van der Waals surface area (Å²) in [7, 11) is 0. The van der Waals surface area contributed by atoms with E-state index in [0.717, 1.165) is 12.3 Å². The van der Waals surface area contributed by atoms with Gasteiger partial charge in [0, 0.05) is 12.6 Å². The molecule has 1 aromatic carbocycles. The quantitative estimate of drug-likeness (QED) is 0.747. The molecule has 0 bridgehead atoms. The molecule has 0 fully saturated rings. The van der Waals surface area contributed by atoms with Crippen LogP contribution in [-0.2, 0) is 6.54 Å². The van der Waals surface area contributed by atoms with Crippen molar-refractivity contribution in [3.63, 3.8) is 0 Å². The molecule has 0 aliphatic rings. The molecule has 1 rings (SSSR count). The van der Waals surface area contributed by atoms with E-state index in [4.69, 9.17) is 4.74 Å². The highest BCUT2D eigenvalue weighted by molar-refractivity contribution is 5.27. The van der Waals surface area contributed by atoms with Crippen LogP contribution in [-0.4, -0.2) is 12.1 Å². The Morgan fingerprint density at radius 3 is 2.28 bits per heavy atom. The number of rotatable bonds is 8. The van der Waals surface area contributed by atoms with E-state index >= 15 is 0 Å². The standard InChI is InChI=1S/C16H27NO/c1-5-7-15(6-2)17-12-14-8-10-16(11-9-14)18-13(3)4/h8-11,13,15,17H,5-7,12H2,1-4H3. The molecule has 1 N–H and O–H groups in total. The Balaban J connectivity index is 2.43. The van der Waals surface area contributed by atoms with Crippen molar-refractivity contribution < 1.29 is 4.74 Å². The highest BCUT2D eigenvalue weighted by Gasteiger charge is 2.04. The number of ether oxygens (including phenoxy) is 1. The first-order chi connectivity index (χ1) is 8.65. The zero-order chi connectivity index (χ0) is 13.4. The van der Waals surface area contributed by atoms with Crippen LogP contribution < -0.4 is 10.1 Å². The minimum Gasteiger partial charge on any atom is -0.491 e. The summed E-state index contributed by atoms with van der Waals surface area (Å²) in [6.07, 6.45) is 3.93. The minimum absolute atomic E-state index is 0.239. The van der Waals surface area contributed by atoms with E-state index in [0.29, 0.717) is 6.04 Å². The fourth-order valence-electron chi connectivity index (χ4n) is 2.02. The van der Waals surface area contributed by atoms with Crippen molar-refractivity contribution in [3.8, 4) is 5.75 Å². The number of benzene rings is 1. The van der Waals surface area contributed by atoms with Gasteiger partial charge in [-0.15, -0.1) is 0 Å². The molecule has 18 heavy (non-hydrogen) atoms. The lowest BCUT2D eigenvalue weighted by molar-refractivity contribution is 0.242. The van der Waals surface area contributed by atoms with Crippen molar-refractivity contribution >= 4 is 0 Å². The first kappa shape index (κ1) is 15.0. The molecule has 2 nitrogen and oxygen atoms in total. The van der Waals surface area contributed by atoms with Gasteiger partial charge in [0.2, 0.25) is 0 Å². The summed E-state index contributed by atoms with van der Waals surface area (Å²) < 4.78 is 5.63. The van der Waals surface area contributed by atoms with Crippen molar-refractivity contribution in [2.75, 3.05) is 0 Å². The summed E-state index contributed by atoms with van der Waals surface area (Å²) in [5, 5.41) is 3.61. The van der Waals surface area contributed by atoms with Gasteiger partial charge in [-0.1, -0.05) is 32.4 Å². The molecule has 2 heteroatoms. The lowest BCUT2D eigenvalue weighted by atomic mass is 10.1. The second kappa shape index (κ2) is 8.15. The van der Waals surface area contributed by atoms with Crippen LogP contribution in [0.25, 0.3) is 0 Å². The monoisotopic (exact) mass is 249 g/mol. The molecule has 1 unspecified atom stereocenters. The van der Waals surface area contributed by atoms with Crippen molar-refractivity contribution in [3.05, 3.63) is 29.8 Å². The molecule has 0 radical (unpaired) electrons. The predicted octanol–water partition coefficient (Wildman–Crippen LogP) is 4.14. The molecule has 0 spiro atoms. The average molecular weight is 249 g/mol. The summed E-state index contributed by atoms with van der Waals surface area (Å²) >= 11 is 0. The van der Waals surface area contributed by atoms with E-state index in [1.807, 2.05) is 13.8 Å². The smallest absolute Gasteiger partial charge is 0.119 e. The first-order valence-electron chi connectivity index (χ1n) is 7.14. The molecule has 1 aromatic rings. The number of nitrogens with one attached hydrogen (secondary N) is 1. The molecule has 0 amide bonds. The fraction of sp³-hybridized carbons (Fsp3) is 0.625. The van der Waals surface area contributed by atoms with E-state index in [-0.39, 0.29) is 6.10 Å². The first-order valence-corrected chi connectivity index (χ1v) is 7.14. The van der Waals surface area contributed by atoms with Crippen molar-refractivity contribution in [1.82, 2.24) is 5.32 Å². The van der Waals surface area contributed by atoms with Gasteiger partial charge in [0.25, 0.3) is 0 Å². The maximum atomic E-state index is 5.63. The molecule has 1 atom stereocenters. The molecule has 0 saturated heterocycles. The molecule has 0 heterocycles. The maximum absolute atomic E-state index is 5.63. The molecular weight excluding hydrogens is 222 g/mol. The molecule has 0 aliphatic carbocycles. The maximum Gasteiger partial charge on any atom is 0.119 e. The third-order valence-corrected chi connectivity index (χ3v) is 3.02. The van der Waals surface area contributed by atoms with Crippen LogP contribution in [0.2, 0.25) is 0 Å². The normalized spacial score (nSPS) is 12.7. The van der Waals surface area contributed by atoms with Crippen LogP contribution in [0.3, 0.4) is 0 Å². The number of hydrogen-bond acceptors (Lipinski definition) is 2. The molecular formula is C16H27NO. The average Bonchev–Trinajstić information content (AvgIpc) is 2.35. The zero-order valence-corrected chi connectivity index (χ0v) is 12.2. The Labute approximate surface area is 112 Å². The van der Waals surface area contributed by atoms with Gasteiger partial charge in [-0.3, -0.25) is 0 Å². The van der Waals surface area contributed by atoms with Gasteiger partial charge in [-0.05, 0) is 44.4 Å². The summed E-state index contributed by atoms with van der Waals surface area (Å²) in [6, 6.07) is 9.03. The van der Waals surface area contributed by atoms with E-state index in [9.17, 15) is 0 Å². The van der Waals surface area contributed by atoms with Crippen LogP contribution in [0.4, 0.5) is 0 Å². The van der Waals surface area contributed by atoms with Gasteiger partial charge in [0.15, 0.2) is 0 Å². The number of hydrogen-bond donors (Lipinski definition) is 1. The molecule has 0 aliphatic heterocycles. The minimum atomic E-state index is 0.239. The second-order valence-corrected chi connectivity index (χ2v) is 5.09. The predicted molar refractivity (Wildman–Crippen MR) is 78.0 cm³/mol. The Morgan fingerprint density at radius 2 is 1.78 bits per heavy atom. The van der Waals surface area contributed by atoms with E-state index in [1.165, 1.54) is 24.8 Å². The third kappa shape index (κ3) is 5.54. The van der Waals surface area contributed by atoms with Gasteiger partial charge < -0.3 is 10.1 Å². The SMILES string of the molecule is CCCC(CC)NCc1ccc(OC(C)C)cc1. The van der Waals surface area contributed by atoms with Crippen molar-refractivity contribution in [2.45, 2.75) is 65.6 Å². The summed E-state index contributed by atoms with van der Waals surface area (Å²) in [5.74, 6) is 0.953. The summed E-state index contributed by atoms with van der Waals surface area (Å²) in [6.45, 7) is 9.52. The third-order valence-electron chi connectivity index (χ3n) is 3.02. The van der Waals surface area contributed by atoms with Gasteiger partial charge in [-0.25, -0.2) is 0 Å². The summed E-state index contributed by atoms with van der Waals surface area (Å²) in [5.41, 5.74) is 1.32. The lowest BCUT2D eigenvalue weighted by Gasteiger charge is -2.16. The Morgan fingerprint density at radius 1 is 1.11 bits per heavy atom. The van der Waals surface area contributed by atoms with Gasteiger partial charge in [0.1, 0.15) is 5.75 Å². The molecule has 0 saturated carbocycles. The Bertz CT molecular complexity index is 318. The zero-order valence-electron chi connectivity index (χ0n) is 12.2. The van der Waals surface area contributed by atoms with Gasteiger partial charge in [0.05, 0.1) is 6.10 Å². The largest absolute Gasteiger partial charge is 0.491 e. The Kier molecular flexibility index (Phi) is 6.81. The topological polar surface area (TPSA) is 21.3 Å².